The lowest BCUT2D eigenvalue weighted by Crippen LogP contribution is -2.48. The van der Waals surface area contributed by atoms with E-state index in [1.54, 1.807) is 24.3 Å². The average molecular weight is 324 g/mol. The van der Waals surface area contributed by atoms with E-state index in [2.05, 4.69) is 11.0 Å². The first-order chi connectivity index (χ1) is 11.6. The van der Waals surface area contributed by atoms with Crippen LogP contribution in [0, 0.1) is 16.2 Å². The molecule has 0 aromatic heterocycles. The molecule has 0 spiro atoms. The summed E-state index contributed by atoms with van der Waals surface area (Å²) in [6.07, 6.45) is 0. The summed E-state index contributed by atoms with van der Waals surface area (Å²) in [5.74, 6) is 0.00518. The Kier molecular flexibility index (Phi) is 4.86. The molecule has 0 atom stereocenters. The first kappa shape index (κ1) is 16.1. The number of rotatable bonds is 4. The fourth-order valence-electron chi connectivity index (χ4n) is 2.83. The molecule has 1 saturated heterocycles. The normalized spacial score (nSPS) is 15.2. The van der Waals surface area contributed by atoms with Crippen LogP contribution in [0.2, 0.25) is 0 Å². The van der Waals surface area contributed by atoms with Gasteiger partial charge in [-0.05, 0) is 17.7 Å². The molecule has 1 fully saturated rings. The third kappa shape index (κ3) is 3.78. The zero-order valence-electron chi connectivity index (χ0n) is 13.2. The number of nitro benzene ring substituents is 1. The summed E-state index contributed by atoms with van der Waals surface area (Å²) in [6.45, 7) is 3.46. The van der Waals surface area contributed by atoms with Gasteiger partial charge in [0.1, 0.15) is 0 Å². The predicted octanol–water partition coefficient (Wildman–Crippen LogP) is 2.35. The van der Waals surface area contributed by atoms with Gasteiger partial charge in [-0.25, -0.2) is 0 Å². The average Bonchev–Trinajstić information content (AvgIpc) is 2.63. The van der Waals surface area contributed by atoms with Gasteiger partial charge in [0, 0.05) is 50.4 Å². The standard InChI is InChI=1S/C18H18N3O3/c22-18(16-6-2-1-3-7-16)20-11-9-19(10-12-20)14-15-5-4-8-17(13-15)21(23)24/h1-6,8,13H,9-12,14H2. The summed E-state index contributed by atoms with van der Waals surface area (Å²) in [5, 5.41) is 10.8. The van der Waals surface area contributed by atoms with Gasteiger partial charge in [-0.3, -0.25) is 19.8 Å². The number of nitrogens with zero attached hydrogens (tertiary/aromatic N) is 3. The molecule has 6 heteroatoms. The summed E-state index contributed by atoms with van der Waals surface area (Å²) < 4.78 is 0. The van der Waals surface area contributed by atoms with Gasteiger partial charge >= 0.3 is 0 Å². The highest BCUT2D eigenvalue weighted by Crippen LogP contribution is 2.16. The Morgan fingerprint density at radius 2 is 1.92 bits per heavy atom. The fourth-order valence-corrected chi connectivity index (χ4v) is 2.83. The van der Waals surface area contributed by atoms with Crippen LogP contribution in [0.5, 0.6) is 0 Å². The zero-order valence-corrected chi connectivity index (χ0v) is 13.2. The summed E-state index contributed by atoms with van der Waals surface area (Å²) >= 11 is 0. The Morgan fingerprint density at radius 1 is 1.12 bits per heavy atom. The van der Waals surface area contributed by atoms with E-state index in [-0.39, 0.29) is 16.5 Å². The lowest BCUT2D eigenvalue weighted by atomic mass is 10.1. The maximum Gasteiger partial charge on any atom is 0.269 e. The van der Waals surface area contributed by atoms with Crippen LogP contribution in [0.4, 0.5) is 5.69 Å². The summed E-state index contributed by atoms with van der Waals surface area (Å²) in [7, 11) is 0. The van der Waals surface area contributed by atoms with Crippen molar-refractivity contribution in [3.8, 4) is 0 Å². The van der Waals surface area contributed by atoms with Crippen molar-refractivity contribution in [3.63, 3.8) is 0 Å². The minimum atomic E-state index is -0.379. The number of carbonyl (C=O) groups excluding carboxylic acids is 1. The van der Waals surface area contributed by atoms with Crippen molar-refractivity contribution in [2.24, 2.45) is 0 Å². The molecule has 0 unspecified atom stereocenters. The Bertz CT molecular complexity index is 725. The Hall–Kier alpha value is -2.73. The molecule has 3 rings (SSSR count). The molecular formula is C18H18N3O3. The summed E-state index contributed by atoms with van der Waals surface area (Å²) in [6, 6.07) is 16.9. The zero-order chi connectivity index (χ0) is 16.9. The number of carbonyl (C=O) groups is 1. The van der Waals surface area contributed by atoms with Crippen LogP contribution in [0.15, 0.2) is 48.5 Å². The van der Waals surface area contributed by atoms with Crippen LogP contribution in [0.3, 0.4) is 0 Å². The van der Waals surface area contributed by atoms with Crippen LogP contribution >= 0.6 is 0 Å². The minimum Gasteiger partial charge on any atom is -0.336 e. The van der Waals surface area contributed by atoms with Gasteiger partial charge in [-0.1, -0.05) is 30.3 Å². The van der Waals surface area contributed by atoms with E-state index >= 15 is 0 Å². The largest absolute Gasteiger partial charge is 0.336 e. The van der Waals surface area contributed by atoms with Gasteiger partial charge in [-0.15, -0.1) is 0 Å². The van der Waals surface area contributed by atoms with Crippen molar-refractivity contribution in [2.75, 3.05) is 26.2 Å². The van der Waals surface area contributed by atoms with E-state index in [0.717, 1.165) is 18.7 Å². The van der Waals surface area contributed by atoms with Crippen molar-refractivity contribution in [1.29, 1.82) is 0 Å². The van der Waals surface area contributed by atoms with Crippen molar-refractivity contribution < 1.29 is 9.72 Å². The van der Waals surface area contributed by atoms with Gasteiger partial charge in [-0.2, -0.15) is 0 Å². The Labute approximate surface area is 140 Å². The number of nitro groups is 1. The molecule has 0 bridgehead atoms. The fraction of sp³-hybridized carbons (Fsp3) is 0.278. The molecule has 1 amide bonds. The van der Waals surface area contributed by atoms with Crippen molar-refractivity contribution in [3.05, 3.63) is 75.8 Å². The number of hydrogen-bond acceptors (Lipinski definition) is 4. The molecule has 2 aromatic rings. The quantitative estimate of drug-likeness (QED) is 0.639. The Morgan fingerprint density at radius 3 is 2.58 bits per heavy atom. The molecule has 1 aliphatic heterocycles. The van der Waals surface area contributed by atoms with Crippen molar-refractivity contribution in [1.82, 2.24) is 9.80 Å². The molecule has 0 N–H and O–H groups in total. The highest BCUT2D eigenvalue weighted by Gasteiger charge is 2.22. The first-order valence-electron chi connectivity index (χ1n) is 7.85. The minimum absolute atomic E-state index is 0.00518. The smallest absolute Gasteiger partial charge is 0.269 e. The van der Waals surface area contributed by atoms with E-state index in [4.69, 9.17) is 0 Å². The number of benzene rings is 2. The molecule has 0 aliphatic carbocycles. The number of amides is 1. The molecule has 1 heterocycles. The highest BCUT2D eigenvalue weighted by molar-refractivity contribution is 5.93. The molecule has 24 heavy (non-hydrogen) atoms. The van der Waals surface area contributed by atoms with Crippen molar-refractivity contribution in [2.45, 2.75) is 6.54 Å². The van der Waals surface area contributed by atoms with Gasteiger partial charge < -0.3 is 4.90 Å². The van der Waals surface area contributed by atoms with Crippen LogP contribution in [-0.2, 0) is 6.54 Å². The number of non-ortho nitro benzene ring substituents is 1. The molecule has 1 radical (unpaired) electrons. The first-order valence-corrected chi connectivity index (χ1v) is 7.85. The van der Waals surface area contributed by atoms with Crippen LogP contribution < -0.4 is 0 Å². The number of hydrogen-bond donors (Lipinski definition) is 0. The van der Waals surface area contributed by atoms with E-state index in [1.807, 2.05) is 23.1 Å². The Balaban J connectivity index is 1.56. The second kappa shape index (κ2) is 7.23. The SMILES string of the molecule is O=C(c1[c]cccc1)N1CCN(Cc2cccc([N+](=O)[O-])c2)CC1. The topological polar surface area (TPSA) is 66.7 Å². The van der Waals surface area contributed by atoms with E-state index in [0.29, 0.717) is 25.2 Å². The van der Waals surface area contributed by atoms with Gasteiger partial charge in [0.2, 0.25) is 0 Å². The van der Waals surface area contributed by atoms with Crippen LogP contribution in [0.1, 0.15) is 15.9 Å². The molecule has 6 nitrogen and oxygen atoms in total. The lowest BCUT2D eigenvalue weighted by molar-refractivity contribution is -0.384. The van der Waals surface area contributed by atoms with Crippen LogP contribution in [-0.4, -0.2) is 46.8 Å². The second-order valence-electron chi connectivity index (χ2n) is 5.77. The van der Waals surface area contributed by atoms with E-state index in [1.165, 1.54) is 6.07 Å². The maximum absolute atomic E-state index is 12.4. The third-order valence-electron chi connectivity index (χ3n) is 4.13. The van der Waals surface area contributed by atoms with Gasteiger partial charge in [0.25, 0.3) is 11.6 Å². The lowest BCUT2D eigenvalue weighted by Gasteiger charge is -2.34. The molecule has 0 saturated carbocycles. The molecule has 1 aliphatic rings. The monoisotopic (exact) mass is 324 g/mol. The van der Waals surface area contributed by atoms with E-state index in [9.17, 15) is 14.9 Å². The predicted molar refractivity (Wildman–Crippen MR) is 89.6 cm³/mol. The summed E-state index contributed by atoms with van der Waals surface area (Å²) in [5.41, 5.74) is 1.62. The third-order valence-corrected chi connectivity index (χ3v) is 4.13. The molecule has 2 aromatic carbocycles. The molecule has 123 valence electrons. The maximum atomic E-state index is 12.4. The second-order valence-corrected chi connectivity index (χ2v) is 5.77. The van der Waals surface area contributed by atoms with Crippen LogP contribution in [0.25, 0.3) is 0 Å². The highest BCUT2D eigenvalue weighted by atomic mass is 16.6. The summed E-state index contributed by atoms with van der Waals surface area (Å²) in [4.78, 5) is 26.9. The van der Waals surface area contributed by atoms with Gasteiger partial charge in [0.15, 0.2) is 0 Å². The van der Waals surface area contributed by atoms with Crippen molar-refractivity contribution >= 4 is 11.6 Å². The number of piperazine rings is 1. The molecular weight excluding hydrogens is 306 g/mol. The van der Waals surface area contributed by atoms with Gasteiger partial charge in [0.05, 0.1) is 4.92 Å². The van der Waals surface area contributed by atoms with E-state index < -0.39 is 0 Å².